The number of carbonyl (C=O) groups is 1. The fraction of sp³-hybridized carbons (Fsp3) is 0.333. The maximum absolute atomic E-state index is 12.4. The Kier molecular flexibility index (Phi) is 5.94. The minimum absolute atomic E-state index is 0.000749. The van der Waals surface area contributed by atoms with E-state index < -0.39 is 0 Å². The minimum Gasteiger partial charge on any atom is -0.396 e. The van der Waals surface area contributed by atoms with E-state index in [0.717, 1.165) is 5.69 Å². The Bertz CT molecular complexity index is 613. The Hall–Kier alpha value is -1.89. The molecular formula is C15H18ClN3O3. The van der Waals surface area contributed by atoms with E-state index in [1.54, 1.807) is 35.1 Å². The van der Waals surface area contributed by atoms with E-state index in [4.69, 9.17) is 21.8 Å². The van der Waals surface area contributed by atoms with Gasteiger partial charge in [0.15, 0.2) is 0 Å². The predicted octanol–water partition coefficient (Wildman–Crippen LogP) is 1.34. The van der Waals surface area contributed by atoms with Crippen LogP contribution in [-0.2, 0) is 0 Å². The minimum atomic E-state index is -0.220. The van der Waals surface area contributed by atoms with E-state index in [0.29, 0.717) is 23.6 Å². The van der Waals surface area contributed by atoms with Gasteiger partial charge in [-0.15, -0.1) is 0 Å². The van der Waals surface area contributed by atoms with Gasteiger partial charge in [-0.2, -0.15) is 5.10 Å². The van der Waals surface area contributed by atoms with Gasteiger partial charge in [-0.3, -0.25) is 4.79 Å². The highest BCUT2D eigenvalue weighted by Gasteiger charge is 2.17. The second kappa shape index (κ2) is 7.93. The van der Waals surface area contributed by atoms with Crippen LogP contribution >= 0.6 is 11.6 Å². The molecule has 2 aromatic rings. The third-order valence-electron chi connectivity index (χ3n) is 3.16. The van der Waals surface area contributed by atoms with Gasteiger partial charge in [0.25, 0.3) is 5.91 Å². The summed E-state index contributed by atoms with van der Waals surface area (Å²) >= 11 is 5.85. The molecule has 2 rings (SSSR count). The number of hydrogen-bond donors (Lipinski definition) is 2. The Morgan fingerprint density at radius 3 is 2.55 bits per heavy atom. The first-order valence-corrected chi connectivity index (χ1v) is 7.35. The molecule has 0 saturated carbocycles. The summed E-state index contributed by atoms with van der Waals surface area (Å²) in [6, 6.07) is 7.11. The number of hydrogen-bond acceptors (Lipinski definition) is 4. The molecule has 0 aliphatic heterocycles. The second-order valence-corrected chi connectivity index (χ2v) is 5.18. The molecule has 1 amide bonds. The zero-order valence-corrected chi connectivity index (χ0v) is 12.8. The average Bonchev–Trinajstić information content (AvgIpc) is 3.01. The Morgan fingerprint density at radius 2 is 1.91 bits per heavy atom. The van der Waals surface area contributed by atoms with Crippen molar-refractivity contribution in [2.75, 3.05) is 26.3 Å². The number of benzene rings is 1. The summed E-state index contributed by atoms with van der Waals surface area (Å²) in [7, 11) is 0. The van der Waals surface area contributed by atoms with Crippen molar-refractivity contribution in [2.24, 2.45) is 0 Å². The summed E-state index contributed by atoms with van der Waals surface area (Å²) in [5.74, 6) is -0.220. The molecule has 0 saturated heterocycles. The molecule has 6 nitrogen and oxygen atoms in total. The quantitative estimate of drug-likeness (QED) is 0.806. The van der Waals surface area contributed by atoms with E-state index >= 15 is 0 Å². The van der Waals surface area contributed by atoms with Crippen LogP contribution in [0.3, 0.4) is 0 Å². The maximum atomic E-state index is 12.4. The summed E-state index contributed by atoms with van der Waals surface area (Å²) < 4.78 is 1.59. The molecule has 22 heavy (non-hydrogen) atoms. The van der Waals surface area contributed by atoms with Crippen LogP contribution in [0.15, 0.2) is 36.7 Å². The number of amides is 1. The van der Waals surface area contributed by atoms with Crippen LogP contribution < -0.4 is 0 Å². The summed E-state index contributed by atoms with van der Waals surface area (Å²) in [5, 5.41) is 22.7. The number of aliphatic hydroxyl groups is 2. The van der Waals surface area contributed by atoms with Crippen molar-refractivity contribution in [3.63, 3.8) is 0 Å². The van der Waals surface area contributed by atoms with Crippen molar-refractivity contribution in [1.82, 2.24) is 14.7 Å². The largest absolute Gasteiger partial charge is 0.396 e. The van der Waals surface area contributed by atoms with Gasteiger partial charge in [-0.1, -0.05) is 11.6 Å². The molecule has 2 N–H and O–H groups in total. The molecular weight excluding hydrogens is 306 g/mol. The molecule has 0 radical (unpaired) electrons. The fourth-order valence-electron chi connectivity index (χ4n) is 2.05. The highest BCUT2D eigenvalue weighted by atomic mass is 35.5. The molecule has 0 fully saturated rings. The van der Waals surface area contributed by atoms with Crippen molar-refractivity contribution in [1.29, 1.82) is 0 Å². The number of rotatable bonds is 7. The normalized spacial score (nSPS) is 10.7. The molecule has 0 spiro atoms. The third kappa shape index (κ3) is 4.07. The molecule has 7 heteroatoms. The highest BCUT2D eigenvalue weighted by Crippen LogP contribution is 2.14. The van der Waals surface area contributed by atoms with Crippen molar-refractivity contribution >= 4 is 17.5 Å². The second-order valence-electron chi connectivity index (χ2n) is 4.74. The van der Waals surface area contributed by atoms with Gasteiger partial charge >= 0.3 is 0 Å². The molecule has 0 atom stereocenters. The van der Waals surface area contributed by atoms with Crippen LogP contribution in [0.5, 0.6) is 0 Å². The molecule has 1 aromatic carbocycles. The van der Waals surface area contributed by atoms with Crippen molar-refractivity contribution in [2.45, 2.75) is 6.42 Å². The lowest BCUT2D eigenvalue weighted by Crippen LogP contribution is -2.34. The van der Waals surface area contributed by atoms with E-state index in [2.05, 4.69) is 5.10 Å². The summed E-state index contributed by atoms with van der Waals surface area (Å²) in [4.78, 5) is 13.9. The van der Waals surface area contributed by atoms with Gasteiger partial charge in [-0.25, -0.2) is 4.68 Å². The lowest BCUT2D eigenvalue weighted by atomic mass is 10.2. The number of halogens is 1. The summed E-state index contributed by atoms with van der Waals surface area (Å²) in [5.41, 5.74) is 1.23. The van der Waals surface area contributed by atoms with Crippen LogP contribution in [0.2, 0.25) is 5.02 Å². The summed E-state index contributed by atoms with van der Waals surface area (Å²) in [6.45, 7) is 0.495. The first-order chi connectivity index (χ1) is 10.7. The lowest BCUT2D eigenvalue weighted by Gasteiger charge is -2.20. The number of aromatic nitrogens is 2. The van der Waals surface area contributed by atoms with Crippen LogP contribution in [0.1, 0.15) is 16.8 Å². The van der Waals surface area contributed by atoms with Gasteiger partial charge < -0.3 is 15.1 Å². The number of nitrogens with zero attached hydrogens (tertiary/aromatic N) is 3. The molecule has 0 bridgehead atoms. The Morgan fingerprint density at radius 1 is 1.18 bits per heavy atom. The fourth-order valence-corrected chi connectivity index (χ4v) is 2.17. The van der Waals surface area contributed by atoms with Crippen LogP contribution in [0, 0.1) is 0 Å². The Labute approximate surface area is 133 Å². The monoisotopic (exact) mass is 323 g/mol. The van der Waals surface area contributed by atoms with E-state index in [1.165, 1.54) is 11.1 Å². The van der Waals surface area contributed by atoms with Gasteiger partial charge in [0, 0.05) is 30.9 Å². The van der Waals surface area contributed by atoms with Gasteiger partial charge in [-0.05, 0) is 30.7 Å². The Balaban J connectivity index is 2.14. The summed E-state index contributed by atoms with van der Waals surface area (Å²) in [6.07, 6.45) is 3.59. The molecule has 1 heterocycles. The van der Waals surface area contributed by atoms with E-state index in [1.807, 2.05) is 0 Å². The third-order valence-corrected chi connectivity index (χ3v) is 3.42. The topological polar surface area (TPSA) is 78.6 Å². The first kappa shape index (κ1) is 16.5. The molecule has 0 unspecified atom stereocenters. The van der Waals surface area contributed by atoms with E-state index in [9.17, 15) is 4.79 Å². The smallest absolute Gasteiger partial charge is 0.257 e. The predicted molar refractivity (Wildman–Crippen MR) is 83.3 cm³/mol. The zero-order valence-electron chi connectivity index (χ0n) is 12.0. The lowest BCUT2D eigenvalue weighted by molar-refractivity contribution is 0.0710. The molecule has 118 valence electrons. The van der Waals surface area contributed by atoms with Crippen molar-refractivity contribution < 1.29 is 15.0 Å². The number of carbonyl (C=O) groups excluding carboxylic acids is 1. The standard InChI is InChI=1S/C15H18ClN3O3/c16-13-2-4-14(5-3-13)19-11-12(10-17-19)15(22)18(7-9-21)6-1-8-20/h2-5,10-11,20-21H,1,6-9H2. The average molecular weight is 324 g/mol. The first-order valence-electron chi connectivity index (χ1n) is 6.97. The van der Waals surface area contributed by atoms with Gasteiger partial charge in [0.1, 0.15) is 0 Å². The van der Waals surface area contributed by atoms with Crippen LogP contribution in [0.4, 0.5) is 0 Å². The van der Waals surface area contributed by atoms with Crippen LogP contribution in [-0.4, -0.2) is 57.1 Å². The van der Waals surface area contributed by atoms with Gasteiger partial charge in [0.2, 0.25) is 0 Å². The molecule has 0 aliphatic rings. The maximum Gasteiger partial charge on any atom is 0.257 e. The molecule has 1 aromatic heterocycles. The zero-order chi connectivity index (χ0) is 15.9. The SMILES string of the molecule is O=C(c1cnn(-c2ccc(Cl)cc2)c1)N(CCO)CCCO. The van der Waals surface area contributed by atoms with Gasteiger partial charge in [0.05, 0.1) is 24.1 Å². The van der Waals surface area contributed by atoms with Crippen molar-refractivity contribution in [3.05, 3.63) is 47.2 Å². The van der Waals surface area contributed by atoms with Crippen molar-refractivity contribution in [3.8, 4) is 5.69 Å². The number of aliphatic hydroxyl groups excluding tert-OH is 2. The van der Waals surface area contributed by atoms with E-state index in [-0.39, 0.29) is 25.7 Å². The van der Waals surface area contributed by atoms with Crippen LogP contribution in [0.25, 0.3) is 5.69 Å². The highest BCUT2D eigenvalue weighted by molar-refractivity contribution is 6.30. The molecule has 0 aliphatic carbocycles.